The third kappa shape index (κ3) is 3.48. The molecule has 17 heavy (non-hydrogen) atoms. The van der Waals surface area contributed by atoms with Crippen LogP contribution in [0.2, 0.25) is 0 Å². The number of nitrogens with two attached hydrogens (primary N) is 1. The molecular formula is C12H16N2O3. The van der Waals surface area contributed by atoms with Crippen LogP contribution in [0.15, 0.2) is 24.3 Å². The first-order valence-electron chi connectivity index (χ1n) is 5.39. The van der Waals surface area contributed by atoms with Gasteiger partial charge in [0.25, 0.3) is 5.91 Å². The number of nitrogen functional groups attached to an aromatic ring is 1. The van der Waals surface area contributed by atoms with Crippen molar-refractivity contribution in [2.24, 2.45) is 0 Å². The molecule has 0 saturated heterocycles. The summed E-state index contributed by atoms with van der Waals surface area (Å²) >= 11 is 0. The molecule has 0 bridgehead atoms. The Balaban J connectivity index is 2.67. The fourth-order valence-corrected chi connectivity index (χ4v) is 1.28. The van der Waals surface area contributed by atoms with Crippen LogP contribution in [0.1, 0.15) is 24.2 Å². The summed E-state index contributed by atoms with van der Waals surface area (Å²) in [6, 6.07) is 6.57. The Bertz CT molecular complexity index is 418. The molecule has 3 N–H and O–H groups in total. The number of anilines is 1. The van der Waals surface area contributed by atoms with Gasteiger partial charge in [-0.1, -0.05) is 12.1 Å². The first kappa shape index (κ1) is 13.0. The first-order valence-corrected chi connectivity index (χ1v) is 5.39. The lowest BCUT2D eigenvalue weighted by atomic mass is 10.2. The van der Waals surface area contributed by atoms with Crippen molar-refractivity contribution in [3.05, 3.63) is 29.8 Å². The summed E-state index contributed by atoms with van der Waals surface area (Å²) in [7, 11) is 0. The van der Waals surface area contributed by atoms with Gasteiger partial charge in [0.05, 0.1) is 5.56 Å². The second kappa shape index (κ2) is 5.89. The normalized spacial score (nSPS) is 11.6. The fraction of sp³-hybridized carbons (Fsp3) is 0.333. The van der Waals surface area contributed by atoms with Crippen molar-refractivity contribution in [1.82, 2.24) is 5.32 Å². The molecule has 92 valence electrons. The van der Waals surface area contributed by atoms with E-state index in [0.29, 0.717) is 12.2 Å². The molecule has 1 amide bonds. The van der Waals surface area contributed by atoms with Crippen molar-refractivity contribution in [3.63, 3.8) is 0 Å². The van der Waals surface area contributed by atoms with Crippen LogP contribution in [-0.4, -0.2) is 24.5 Å². The zero-order valence-corrected chi connectivity index (χ0v) is 9.90. The monoisotopic (exact) mass is 236 g/mol. The van der Waals surface area contributed by atoms with Gasteiger partial charge < -0.3 is 15.8 Å². The van der Waals surface area contributed by atoms with Crippen LogP contribution in [0.5, 0.6) is 0 Å². The number of hydrogen-bond donors (Lipinski definition) is 2. The molecule has 0 aliphatic rings. The maximum absolute atomic E-state index is 11.7. The van der Waals surface area contributed by atoms with E-state index in [0.717, 1.165) is 0 Å². The molecule has 1 aromatic carbocycles. The highest BCUT2D eigenvalue weighted by atomic mass is 16.5. The summed E-state index contributed by atoms with van der Waals surface area (Å²) in [6.07, 6.45) is -0.831. The Kier molecular flexibility index (Phi) is 4.51. The van der Waals surface area contributed by atoms with Crippen molar-refractivity contribution >= 4 is 17.6 Å². The molecule has 0 saturated carbocycles. The van der Waals surface area contributed by atoms with Gasteiger partial charge in [-0.3, -0.25) is 4.79 Å². The Morgan fingerprint density at radius 3 is 2.65 bits per heavy atom. The van der Waals surface area contributed by atoms with Gasteiger partial charge in [-0.25, -0.2) is 4.79 Å². The molecular weight excluding hydrogens is 220 g/mol. The lowest BCUT2D eigenvalue weighted by molar-refractivity contribution is -0.128. The number of hydrogen-bond acceptors (Lipinski definition) is 4. The van der Waals surface area contributed by atoms with E-state index in [1.54, 1.807) is 31.2 Å². The summed E-state index contributed by atoms with van der Waals surface area (Å²) in [4.78, 5) is 23.1. The van der Waals surface area contributed by atoms with E-state index >= 15 is 0 Å². The largest absolute Gasteiger partial charge is 0.449 e. The minimum Gasteiger partial charge on any atom is -0.449 e. The molecule has 0 aromatic heterocycles. The van der Waals surface area contributed by atoms with Crippen LogP contribution < -0.4 is 11.1 Å². The van der Waals surface area contributed by atoms with Gasteiger partial charge in [0, 0.05) is 12.2 Å². The number of likely N-dealkylation sites (N-methyl/N-ethyl adjacent to an activating group) is 1. The number of carbonyl (C=O) groups is 2. The Hall–Kier alpha value is -2.04. The maximum Gasteiger partial charge on any atom is 0.341 e. The van der Waals surface area contributed by atoms with Gasteiger partial charge in [0.1, 0.15) is 0 Å². The topological polar surface area (TPSA) is 81.4 Å². The van der Waals surface area contributed by atoms with Crippen molar-refractivity contribution in [1.29, 1.82) is 0 Å². The molecule has 0 aliphatic heterocycles. The van der Waals surface area contributed by atoms with Crippen molar-refractivity contribution in [2.45, 2.75) is 20.0 Å². The quantitative estimate of drug-likeness (QED) is 0.602. The highest BCUT2D eigenvalue weighted by Gasteiger charge is 2.19. The standard InChI is InChI=1S/C12H16N2O3/c1-3-14-11(15)8(2)17-12(16)9-6-4-5-7-10(9)13/h4-8H,3,13H2,1-2H3,(H,14,15)/t8-/m1/s1. The molecule has 0 radical (unpaired) electrons. The number of rotatable bonds is 4. The zero-order valence-electron chi connectivity index (χ0n) is 9.90. The highest BCUT2D eigenvalue weighted by molar-refractivity contribution is 5.96. The predicted octanol–water partition coefficient (Wildman–Crippen LogP) is 0.950. The molecule has 5 heteroatoms. The first-order chi connectivity index (χ1) is 8.06. The van der Waals surface area contributed by atoms with E-state index in [4.69, 9.17) is 10.5 Å². The summed E-state index contributed by atoms with van der Waals surface area (Å²) in [5.74, 6) is -0.919. The molecule has 0 spiro atoms. The van der Waals surface area contributed by atoms with Crippen LogP contribution in [0.25, 0.3) is 0 Å². The number of amides is 1. The van der Waals surface area contributed by atoms with E-state index in [1.165, 1.54) is 6.92 Å². The van der Waals surface area contributed by atoms with Crippen LogP contribution in [0.3, 0.4) is 0 Å². The Morgan fingerprint density at radius 2 is 2.06 bits per heavy atom. The van der Waals surface area contributed by atoms with Crippen molar-refractivity contribution in [3.8, 4) is 0 Å². The van der Waals surface area contributed by atoms with Gasteiger partial charge in [0.2, 0.25) is 0 Å². The summed E-state index contributed by atoms with van der Waals surface area (Å²) < 4.78 is 5.00. The lowest BCUT2D eigenvalue weighted by Gasteiger charge is -2.13. The summed E-state index contributed by atoms with van der Waals surface area (Å²) in [5.41, 5.74) is 6.23. The minimum atomic E-state index is -0.831. The van der Waals surface area contributed by atoms with Crippen molar-refractivity contribution < 1.29 is 14.3 Å². The summed E-state index contributed by atoms with van der Waals surface area (Å²) in [5, 5.41) is 2.57. The third-order valence-electron chi connectivity index (χ3n) is 2.18. The predicted molar refractivity (Wildman–Crippen MR) is 64.4 cm³/mol. The van der Waals surface area contributed by atoms with E-state index < -0.39 is 12.1 Å². The summed E-state index contributed by atoms with van der Waals surface area (Å²) in [6.45, 7) is 3.80. The molecule has 5 nitrogen and oxygen atoms in total. The average molecular weight is 236 g/mol. The van der Waals surface area contributed by atoms with Gasteiger partial charge in [-0.2, -0.15) is 0 Å². The maximum atomic E-state index is 11.7. The molecule has 0 aliphatic carbocycles. The number of benzene rings is 1. The minimum absolute atomic E-state index is 0.267. The Morgan fingerprint density at radius 1 is 1.41 bits per heavy atom. The third-order valence-corrected chi connectivity index (χ3v) is 2.18. The fourth-order valence-electron chi connectivity index (χ4n) is 1.28. The molecule has 0 unspecified atom stereocenters. The van der Waals surface area contributed by atoms with Crippen molar-refractivity contribution in [2.75, 3.05) is 12.3 Å². The number of nitrogens with one attached hydrogen (secondary N) is 1. The molecule has 0 fully saturated rings. The molecule has 1 rings (SSSR count). The van der Waals surface area contributed by atoms with E-state index in [2.05, 4.69) is 5.32 Å². The second-order valence-corrected chi connectivity index (χ2v) is 3.53. The van der Waals surface area contributed by atoms with E-state index in [9.17, 15) is 9.59 Å². The average Bonchev–Trinajstić information content (AvgIpc) is 2.29. The SMILES string of the molecule is CCNC(=O)[C@@H](C)OC(=O)c1ccccc1N. The van der Waals surface area contributed by atoms with Crippen LogP contribution in [0, 0.1) is 0 Å². The van der Waals surface area contributed by atoms with Crippen LogP contribution >= 0.6 is 0 Å². The highest BCUT2D eigenvalue weighted by Crippen LogP contribution is 2.12. The van der Waals surface area contributed by atoms with Gasteiger partial charge in [0.15, 0.2) is 6.10 Å². The number of ether oxygens (including phenoxy) is 1. The van der Waals surface area contributed by atoms with Crippen LogP contribution in [0.4, 0.5) is 5.69 Å². The molecule has 0 heterocycles. The van der Waals surface area contributed by atoms with E-state index in [1.807, 2.05) is 0 Å². The molecule has 1 aromatic rings. The lowest BCUT2D eigenvalue weighted by Crippen LogP contribution is -2.35. The smallest absolute Gasteiger partial charge is 0.341 e. The Labute approximate surface area is 99.9 Å². The van der Waals surface area contributed by atoms with Crippen LogP contribution in [-0.2, 0) is 9.53 Å². The second-order valence-electron chi connectivity index (χ2n) is 3.53. The zero-order chi connectivity index (χ0) is 12.8. The van der Waals surface area contributed by atoms with E-state index in [-0.39, 0.29) is 11.5 Å². The van der Waals surface area contributed by atoms with Gasteiger partial charge in [-0.05, 0) is 26.0 Å². The number of para-hydroxylation sites is 1. The number of esters is 1. The molecule has 1 atom stereocenters. The van der Waals surface area contributed by atoms with Gasteiger partial charge >= 0.3 is 5.97 Å². The number of carbonyl (C=O) groups excluding carboxylic acids is 2. The van der Waals surface area contributed by atoms with Gasteiger partial charge in [-0.15, -0.1) is 0 Å².